The summed E-state index contributed by atoms with van der Waals surface area (Å²) in [6.07, 6.45) is 0.681. The van der Waals surface area contributed by atoms with Crippen molar-refractivity contribution in [2.24, 2.45) is 5.92 Å². The van der Waals surface area contributed by atoms with Gasteiger partial charge in [0.15, 0.2) is 5.82 Å². The minimum atomic E-state index is -0.771. The Morgan fingerprint density at radius 2 is 2.06 bits per heavy atom. The Balaban J connectivity index is 2.45. The molecule has 5 heteroatoms. The maximum atomic E-state index is 13.5. The molecule has 1 aliphatic rings. The van der Waals surface area contributed by atoms with Crippen LogP contribution in [0.25, 0.3) is 0 Å². The number of nitrogens with one attached hydrogen (secondary N) is 1. The Morgan fingerprint density at radius 3 is 2.69 bits per heavy atom. The van der Waals surface area contributed by atoms with Crippen LogP contribution in [0.3, 0.4) is 0 Å². The van der Waals surface area contributed by atoms with E-state index >= 15 is 0 Å². The number of H-pyrrole nitrogens is 1. The first-order chi connectivity index (χ1) is 7.54. The number of pyridine rings is 1. The molecule has 0 bridgehead atoms. The van der Waals surface area contributed by atoms with Gasteiger partial charge >= 0.3 is 5.97 Å². The molecule has 1 aromatic heterocycles. The zero-order valence-electron chi connectivity index (χ0n) is 9.09. The van der Waals surface area contributed by atoms with E-state index in [1.54, 1.807) is 6.92 Å². The second kappa shape index (κ2) is 3.73. The van der Waals surface area contributed by atoms with Gasteiger partial charge in [-0.25, -0.2) is 4.39 Å². The van der Waals surface area contributed by atoms with Gasteiger partial charge in [0.2, 0.25) is 0 Å². The van der Waals surface area contributed by atoms with E-state index < -0.39 is 11.4 Å². The van der Waals surface area contributed by atoms with E-state index in [1.807, 2.05) is 0 Å². The fraction of sp³-hybridized carbons (Fsp3) is 0.455. The minimum absolute atomic E-state index is 0.249. The van der Waals surface area contributed by atoms with Gasteiger partial charge in [0.05, 0.1) is 13.0 Å². The number of aromatic amines is 1. The lowest BCUT2D eigenvalue weighted by Gasteiger charge is -2.04. The van der Waals surface area contributed by atoms with Crippen LogP contribution < -0.4 is 5.56 Å². The molecular formula is C11H12FNO3. The maximum Gasteiger partial charge on any atom is 0.309 e. The summed E-state index contributed by atoms with van der Waals surface area (Å²) >= 11 is 0. The molecular weight excluding hydrogens is 213 g/mol. The molecule has 0 fully saturated rings. The molecule has 1 aromatic rings. The summed E-state index contributed by atoms with van der Waals surface area (Å²) in [5, 5.41) is 0. The molecule has 86 valence electrons. The second-order valence-electron chi connectivity index (χ2n) is 3.98. The zero-order chi connectivity index (χ0) is 11.9. The lowest BCUT2D eigenvalue weighted by Crippen LogP contribution is -2.16. The Hall–Kier alpha value is -1.65. The molecule has 2 rings (SSSR count). The second-order valence-corrected chi connectivity index (χ2v) is 3.98. The van der Waals surface area contributed by atoms with Gasteiger partial charge in [-0.2, -0.15) is 0 Å². The number of esters is 1. The smallest absolute Gasteiger partial charge is 0.309 e. The number of hydrogen-bond acceptors (Lipinski definition) is 3. The maximum absolute atomic E-state index is 13.5. The van der Waals surface area contributed by atoms with Crippen LogP contribution in [0.2, 0.25) is 0 Å². The van der Waals surface area contributed by atoms with Crippen LogP contribution in [0.15, 0.2) is 4.79 Å². The van der Waals surface area contributed by atoms with Gasteiger partial charge < -0.3 is 9.72 Å². The summed E-state index contributed by atoms with van der Waals surface area (Å²) in [6, 6.07) is 0. The highest BCUT2D eigenvalue weighted by atomic mass is 19.1. The van der Waals surface area contributed by atoms with Gasteiger partial charge in [-0.15, -0.1) is 0 Å². The molecule has 1 aliphatic carbocycles. The Bertz CT molecular complexity index is 507. The third-order valence-electron chi connectivity index (χ3n) is 3.02. The first-order valence-electron chi connectivity index (χ1n) is 5.02. The van der Waals surface area contributed by atoms with Crippen molar-refractivity contribution in [3.05, 3.63) is 33.0 Å². The lowest BCUT2D eigenvalue weighted by molar-refractivity contribution is -0.145. The van der Waals surface area contributed by atoms with E-state index in [-0.39, 0.29) is 18.3 Å². The molecule has 0 saturated heterocycles. The summed E-state index contributed by atoms with van der Waals surface area (Å²) in [5.74, 6) is -1.50. The molecule has 1 unspecified atom stereocenters. The highest BCUT2D eigenvalue weighted by molar-refractivity contribution is 5.74. The summed E-state index contributed by atoms with van der Waals surface area (Å²) in [6.45, 7) is 1.71. The Morgan fingerprint density at radius 1 is 1.44 bits per heavy atom. The molecule has 4 nitrogen and oxygen atoms in total. The predicted molar refractivity (Wildman–Crippen MR) is 54.7 cm³/mol. The Kier molecular flexibility index (Phi) is 2.53. The third-order valence-corrected chi connectivity index (χ3v) is 3.02. The number of methoxy groups -OCH3 is 1. The van der Waals surface area contributed by atoms with Gasteiger partial charge in [-0.05, 0) is 30.9 Å². The summed E-state index contributed by atoms with van der Waals surface area (Å²) in [7, 11) is 1.31. The van der Waals surface area contributed by atoms with E-state index in [9.17, 15) is 14.0 Å². The zero-order valence-corrected chi connectivity index (χ0v) is 9.09. The molecule has 0 radical (unpaired) electrons. The van der Waals surface area contributed by atoms with E-state index in [4.69, 9.17) is 0 Å². The number of carbonyl (C=O) groups excluding carboxylic acids is 1. The molecule has 1 heterocycles. The van der Waals surface area contributed by atoms with Crippen LogP contribution in [0.1, 0.15) is 16.8 Å². The average Bonchev–Trinajstić information content (AvgIpc) is 2.70. The van der Waals surface area contributed by atoms with E-state index in [1.165, 1.54) is 7.11 Å². The van der Waals surface area contributed by atoms with Crippen LogP contribution in [0.5, 0.6) is 0 Å². The van der Waals surface area contributed by atoms with E-state index in [0.29, 0.717) is 17.7 Å². The molecule has 16 heavy (non-hydrogen) atoms. The number of aromatic nitrogens is 1. The van der Waals surface area contributed by atoms with Gasteiger partial charge in [-0.3, -0.25) is 9.59 Å². The van der Waals surface area contributed by atoms with Gasteiger partial charge in [0, 0.05) is 5.69 Å². The third kappa shape index (κ3) is 1.52. The normalized spacial score (nSPS) is 18.3. The number of carbonyl (C=O) groups is 1. The molecule has 0 saturated carbocycles. The lowest BCUT2D eigenvalue weighted by atomic mass is 10.1. The quantitative estimate of drug-likeness (QED) is 0.716. The molecule has 0 aliphatic heterocycles. The van der Waals surface area contributed by atoms with Crippen molar-refractivity contribution in [3.63, 3.8) is 0 Å². The number of halogens is 1. The fourth-order valence-corrected chi connectivity index (χ4v) is 2.18. The highest BCUT2D eigenvalue weighted by Gasteiger charge is 2.32. The van der Waals surface area contributed by atoms with Gasteiger partial charge in [0.25, 0.3) is 5.56 Å². The standard InChI is InChI=1S/C11H12FNO3/c1-5-7-3-6(11(15)16-2)4-8(7)9(12)10(14)13-5/h6H,3-4H2,1-2H3,(H,13,14). The first kappa shape index (κ1) is 10.9. The molecule has 1 atom stereocenters. The Labute approximate surface area is 91.4 Å². The van der Waals surface area contributed by atoms with Gasteiger partial charge in [0.1, 0.15) is 0 Å². The largest absolute Gasteiger partial charge is 0.469 e. The fourth-order valence-electron chi connectivity index (χ4n) is 2.18. The van der Waals surface area contributed by atoms with Crippen molar-refractivity contribution in [3.8, 4) is 0 Å². The van der Waals surface area contributed by atoms with Crippen molar-refractivity contribution in [1.29, 1.82) is 0 Å². The molecule has 0 amide bonds. The molecule has 1 N–H and O–H groups in total. The predicted octanol–water partition coefficient (Wildman–Crippen LogP) is 0.710. The first-order valence-corrected chi connectivity index (χ1v) is 5.02. The van der Waals surface area contributed by atoms with Crippen LogP contribution >= 0.6 is 0 Å². The van der Waals surface area contributed by atoms with Crippen molar-refractivity contribution in [1.82, 2.24) is 4.98 Å². The van der Waals surface area contributed by atoms with Crippen LogP contribution in [-0.2, 0) is 22.4 Å². The minimum Gasteiger partial charge on any atom is -0.469 e. The van der Waals surface area contributed by atoms with Crippen LogP contribution in [0.4, 0.5) is 4.39 Å². The number of fused-ring (bicyclic) bond motifs is 1. The SMILES string of the molecule is COC(=O)C1Cc2c(C)[nH]c(=O)c(F)c2C1. The number of aryl methyl sites for hydroxylation is 1. The van der Waals surface area contributed by atoms with Crippen molar-refractivity contribution < 1.29 is 13.9 Å². The van der Waals surface area contributed by atoms with Crippen LogP contribution in [0, 0.1) is 18.7 Å². The average molecular weight is 225 g/mol. The molecule has 0 aromatic carbocycles. The summed E-state index contributed by atoms with van der Waals surface area (Å²) < 4.78 is 18.2. The van der Waals surface area contributed by atoms with E-state index in [2.05, 4.69) is 9.72 Å². The number of ether oxygens (including phenoxy) is 1. The summed E-state index contributed by atoms with van der Waals surface area (Å²) in [4.78, 5) is 25.0. The molecule has 0 spiro atoms. The topological polar surface area (TPSA) is 59.2 Å². The van der Waals surface area contributed by atoms with Crippen molar-refractivity contribution in [2.45, 2.75) is 19.8 Å². The van der Waals surface area contributed by atoms with Crippen LogP contribution in [-0.4, -0.2) is 18.1 Å². The number of hydrogen-bond donors (Lipinski definition) is 1. The van der Waals surface area contributed by atoms with Gasteiger partial charge in [-0.1, -0.05) is 0 Å². The van der Waals surface area contributed by atoms with Crippen molar-refractivity contribution in [2.75, 3.05) is 7.11 Å². The van der Waals surface area contributed by atoms with E-state index in [0.717, 1.165) is 5.56 Å². The monoisotopic (exact) mass is 225 g/mol. The summed E-state index contributed by atoms with van der Waals surface area (Å²) in [5.41, 5.74) is 0.999. The number of rotatable bonds is 1. The highest BCUT2D eigenvalue weighted by Crippen LogP contribution is 2.29. The van der Waals surface area contributed by atoms with Crippen molar-refractivity contribution >= 4 is 5.97 Å².